The van der Waals surface area contributed by atoms with Gasteiger partial charge in [0.1, 0.15) is 12.3 Å². The Balaban J connectivity index is 2.58. The fourth-order valence-corrected chi connectivity index (χ4v) is 1.15. The van der Waals surface area contributed by atoms with Crippen molar-refractivity contribution in [2.24, 2.45) is 0 Å². The van der Waals surface area contributed by atoms with Crippen molar-refractivity contribution >= 4 is 17.6 Å². The smallest absolute Gasteiger partial charge is 0.325 e. The zero-order valence-corrected chi connectivity index (χ0v) is 9.40. The van der Waals surface area contributed by atoms with Crippen molar-refractivity contribution in [3.05, 3.63) is 23.8 Å². The molecular formula is C11H14N2O4. The number of ether oxygens (including phenoxy) is 1. The van der Waals surface area contributed by atoms with Crippen molar-refractivity contribution in [3.8, 4) is 5.75 Å². The Morgan fingerprint density at radius 1 is 1.47 bits per heavy atom. The molecular weight excluding hydrogens is 224 g/mol. The van der Waals surface area contributed by atoms with Gasteiger partial charge < -0.3 is 20.9 Å². The number of nitrogen functional groups attached to an aromatic ring is 1. The highest BCUT2D eigenvalue weighted by atomic mass is 16.5. The summed E-state index contributed by atoms with van der Waals surface area (Å²) in [5.41, 5.74) is 5.80. The number of esters is 1. The number of nitrogens with two attached hydrogens (primary N) is 1. The van der Waals surface area contributed by atoms with Crippen molar-refractivity contribution in [2.75, 3.05) is 18.9 Å². The van der Waals surface area contributed by atoms with Crippen LogP contribution in [-0.4, -0.2) is 30.1 Å². The van der Waals surface area contributed by atoms with Gasteiger partial charge in [-0.25, -0.2) is 0 Å². The molecule has 0 aromatic heterocycles. The molecule has 6 heteroatoms. The molecule has 0 spiro atoms. The first kappa shape index (κ1) is 12.8. The summed E-state index contributed by atoms with van der Waals surface area (Å²) in [5.74, 6) is -1.16. The molecule has 17 heavy (non-hydrogen) atoms. The number of carbonyl (C=O) groups excluding carboxylic acids is 2. The lowest BCUT2D eigenvalue weighted by atomic mass is 10.2. The molecule has 0 radical (unpaired) electrons. The summed E-state index contributed by atoms with van der Waals surface area (Å²) >= 11 is 0. The third-order valence-electron chi connectivity index (χ3n) is 1.99. The first-order chi connectivity index (χ1) is 8.04. The molecule has 0 saturated heterocycles. The predicted molar refractivity (Wildman–Crippen MR) is 61.5 cm³/mol. The molecule has 0 bridgehead atoms. The number of carbonyl (C=O) groups is 2. The van der Waals surface area contributed by atoms with E-state index in [9.17, 15) is 14.7 Å². The number of phenols is 1. The second-order valence-electron chi connectivity index (χ2n) is 3.26. The van der Waals surface area contributed by atoms with Gasteiger partial charge in [0.2, 0.25) is 0 Å². The number of hydrogen-bond donors (Lipinski definition) is 3. The summed E-state index contributed by atoms with van der Waals surface area (Å²) in [6.45, 7) is 1.73. The van der Waals surface area contributed by atoms with E-state index in [1.165, 1.54) is 18.2 Å². The van der Waals surface area contributed by atoms with E-state index in [2.05, 4.69) is 10.1 Å². The maximum absolute atomic E-state index is 11.5. The average Bonchev–Trinajstić information content (AvgIpc) is 2.30. The molecule has 1 rings (SSSR count). The van der Waals surface area contributed by atoms with Gasteiger partial charge in [-0.2, -0.15) is 0 Å². The van der Waals surface area contributed by atoms with E-state index in [0.717, 1.165) is 0 Å². The molecule has 0 unspecified atom stereocenters. The van der Waals surface area contributed by atoms with E-state index in [1.807, 2.05) is 0 Å². The zero-order chi connectivity index (χ0) is 12.8. The van der Waals surface area contributed by atoms with Gasteiger partial charge in [0.15, 0.2) is 0 Å². The maximum atomic E-state index is 11.5. The number of benzene rings is 1. The van der Waals surface area contributed by atoms with Crippen molar-refractivity contribution < 1.29 is 19.4 Å². The molecule has 0 aliphatic rings. The van der Waals surface area contributed by atoms with Crippen molar-refractivity contribution in [3.63, 3.8) is 0 Å². The maximum Gasteiger partial charge on any atom is 0.325 e. The summed E-state index contributed by atoms with van der Waals surface area (Å²) < 4.78 is 4.65. The average molecular weight is 238 g/mol. The second-order valence-corrected chi connectivity index (χ2v) is 3.26. The lowest BCUT2D eigenvalue weighted by Gasteiger charge is -2.06. The monoisotopic (exact) mass is 238 g/mol. The molecule has 0 saturated carbocycles. The van der Waals surface area contributed by atoms with Crippen molar-refractivity contribution in [2.45, 2.75) is 6.92 Å². The highest BCUT2D eigenvalue weighted by molar-refractivity contribution is 5.96. The number of anilines is 1. The number of rotatable bonds is 4. The topological polar surface area (TPSA) is 102 Å². The summed E-state index contributed by atoms with van der Waals surface area (Å²) in [4.78, 5) is 22.5. The lowest BCUT2D eigenvalue weighted by molar-refractivity contribution is -0.141. The lowest BCUT2D eigenvalue weighted by Crippen LogP contribution is -2.30. The molecule has 1 aromatic rings. The van der Waals surface area contributed by atoms with Crippen LogP contribution in [0.15, 0.2) is 18.2 Å². The van der Waals surface area contributed by atoms with E-state index in [1.54, 1.807) is 6.92 Å². The number of amides is 1. The van der Waals surface area contributed by atoms with Crippen molar-refractivity contribution in [1.29, 1.82) is 0 Å². The van der Waals surface area contributed by atoms with Gasteiger partial charge in [-0.1, -0.05) is 0 Å². The van der Waals surface area contributed by atoms with Gasteiger partial charge in [-0.05, 0) is 25.1 Å². The van der Waals surface area contributed by atoms with Gasteiger partial charge in [0.05, 0.1) is 12.3 Å². The van der Waals surface area contributed by atoms with Crippen LogP contribution in [0.3, 0.4) is 0 Å². The third kappa shape index (κ3) is 3.67. The van der Waals surface area contributed by atoms with Crippen LogP contribution in [0.4, 0.5) is 5.69 Å². The third-order valence-corrected chi connectivity index (χ3v) is 1.99. The van der Waals surface area contributed by atoms with Gasteiger partial charge in [0.25, 0.3) is 5.91 Å². The Kier molecular flexibility index (Phi) is 4.33. The summed E-state index contributed by atoms with van der Waals surface area (Å²) in [6, 6.07) is 4.10. The van der Waals surface area contributed by atoms with Gasteiger partial charge in [-0.15, -0.1) is 0 Å². The van der Waals surface area contributed by atoms with Crippen LogP contribution < -0.4 is 11.1 Å². The summed E-state index contributed by atoms with van der Waals surface area (Å²) in [6.07, 6.45) is 0. The Morgan fingerprint density at radius 2 is 2.18 bits per heavy atom. The van der Waals surface area contributed by atoms with E-state index in [-0.39, 0.29) is 30.2 Å². The summed E-state index contributed by atoms with van der Waals surface area (Å²) in [7, 11) is 0. The molecule has 1 amide bonds. The number of phenolic OH excluding ortho intramolecular Hbond substituents is 1. The van der Waals surface area contributed by atoms with Crippen LogP contribution in [0.5, 0.6) is 5.75 Å². The second kappa shape index (κ2) is 5.74. The number of aromatic hydroxyl groups is 1. The number of nitrogens with one attached hydrogen (secondary N) is 1. The van der Waals surface area contributed by atoms with Crippen LogP contribution in [0, 0.1) is 0 Å². The molecule has 0 fully saturated rings. The minimum absolute atomic E-state index is 0.172. The quantitative estimate of drug-likeness (QED) is 0.397. The van der Waals surface area contributed by atoms with Gasteiger partial charge in [-0.3, -0.25) is 9.59 Å². The van der Waals surface area contributed by atoms with E-state index in [4.69, 9.17) is 5.73 Å². The Morgan fingerprint density at radius 3 is 2.76 bits per heavy atom. The minimum Gasteiger partial charge on any atom is -0.506 e. The summed E-state index contributed by atoms with van der Waals surface area (Å²) in [5, 5.41) is 11.7. The molecule has 1 aromatic carbocycles. The molecule has 0 heterocycles. The standard InChI is InChI=1S/C11H14N2O4/c1-2-17-10(15)6-13-11(16)7-3-4-8(12)9(14)5-7/h3-5,14H,2,6,12H2,1H3,(H,13,16). The van der Waals surface area contributed by atoms with E-state index in [0.29, 0.717) is 0 Å². The highest BCUT2D eigenvalue weighted by Crippen LogP contribution is 2.20. The normalized spacial score (nSPS) is 9.71. The minimum atomic E-state index is -0.513. The fourth-order valence-electron chi connectivity index (χ4n) is 1.15. The van der Waals surface area contributed by atoms with Gasteiger partial charge in [0, 0.05) is 5.56 Å². The van der Waals surface area contributed by atoms with Crippen LogP contribution in [0.1, 0.15) is 17.3 Å². The van der Waals surface area contributed by atoms with Crippen LogP contribution in [-0.2, 0) is 9.53 Å². The molecule has 92 valence electrons. The van der Waals surface area contributed by atoms with E-state index >= 15 is 0 Å². The Hall–Kier alpha value is -2.24. The first-order valence-corrected chi connectivity index (χ1v) is 5.07. The Labute approximate surface area is 98.4 Å². The van der Waals surface area contributed by atoms with Crippen LogP contribution in [0.25, 0.3) is 0 Å². The molecule has 6 nitrogen and oxygen atoms in total. The first-order valence-electron chi connectivity index (χ1n) is 5.07. The zero-order valence-electron chi connectivity index (χ0n) is 9.40. The highest BCUT2D eigenvalue weighted by Gasteiger charge is 2.09. The van der Waals surface area contributed by atoms with Crippen molar-refractivity contribution in [1.82, 2.24) is 5.32 Å². The molecule has 0 aliphatic heterocycles. The SMILES string of the molecule is CCOC(=O)CNC(=O)c1ccc(N)c(O)c1. The largest absolute Gasteiger partial charge is 0.506 e. The molecule has 0 aliphatic carbocycles. The van der Waals surface area contributed by atoms with E-state index < -0.39 is 11.9 Å². The van der Waals surface area contributed by atoms with Gasteiger partial charge >= 0.3 is 5.97 Å². The predicted octanol–water partition coefficient (Wildman–Crippen LogP) is 0.267. The molecule has 4 N–H and O–H groups in total. The Bertz CT molecular complexity index is 431. The molecule has 0 atom stereocenters. The van der Waals surface area contributed by atoms with Crippen LogP contribution in [0.2, 0.25) is 0 Å². The van der Waals surface area contributed by atoms with Crippen LogP contribution >= 0.6 is 0 Å². The number of hydrogen-bond acceptors (Lipinski definition) is 5. The fraction of sp³-hybridized carbons (Fsp3) is 0.273.